The maximum Gasteiger partial charge on any atom is 0.323 e. The summed E-state index contributed by atoms with van der Waals surface area (Å²) in [6.45, 7) is 0.387. The van der Waals surface area contributed by atoms with Crippen molar-refractivity contribution in [3.05, 3.63) is 47.5 Å². The van der Waals surface area contributed by atoms with Crippen LogP contribution in [-0.2, 0) is 33.3 Å². The van der Waals surface area contributed by atoms with E-state index in [1.807, 2.05) is 30.3 Å². The minimum absolute atomic E-state index is 0.0331. The second-order valence-electron chi connectivity index (χ2n) is 8.58. The first-order valence-corrected chi connectivity index (χ1v) is 10.6. The van der Waals surface area contributed by atoms with Gasteiger partial charge >= 0.3 is 17.9 Å². The zero-order chi connectivity index (χ0) is 22.2. The predicted molar refractivity (Wildman–Crippen MR) is 110 cm³/mol. The zero-order valence-corrected chi connectivity index (χ0v) is 18.0. The van der Waals surface area contributed by atoms with E-state index in [-0.39, 0.29) is 36.2 Å². The van der Waals surface area contributed by atoms with Crippen molar-refractivity contribution in [3.8, 4) is 0 Å². The molecule has 1 saturated carbocycles. The highest BCUT2D eigenvalue weighted by Crippen LogP contribution is 2.56. The number of ether oxygens (including phenoxy) is 4. The molecule has 7 heteroatoms. The number of carbonyl (C=O) groups excluding carboxylic acids is 3. The average molecular weight is 428 g/mol. The van der Waals surface area contributed by atoms with Gasteiger partial charge in [-0.15, -0.1) is 0 Å². The van der Waals surface area contributed by atoms with Gasteiger partial charge in [-0.3, -0.25) is 14.4 Å². The molecule has 0 aromatic heterocycles. The molecule has 0 amide bonds. The number of carbonyl (C=O) groups is 3. The van der Waals surface area contributed by atoms with E-state index in [1.54, 1.807) is 0 Å². The molecule has 0 radical (unpaired) electrons. The molecule has 3 aliphatic rings. The van der Waals surface area contributed by atoms with Crippen molar-refractivity contribution in [1.29, 1.82) is 0 Å². The Balaban J connectivity index is 1.74. The molecule has 2 fully saturated rings. The summed E-state index contributed by atoms with van der Waals surface area (Å²) in [6, 6.07) is 9.94. The third-order valence-corrected chi connectivity index (χ3v) is 7.24. The first kappa shape index (κ1) is 21.6. The average Bonchev–Trinajstić information content (AvgIpc) is 3.24. The molecule has 0 spiro atoms. The molecule has 2 aliphatic carbocycles. The van der Waals surface area contributed by atoms with Crippen molar-refractivity contribution in [1.82, 2.24) is 0 Å². The van der Waals surface area contributed by atoms with E-state index < -0.39 is 23.3 Å². The first-order valence-electron chi connectivity index (χ1n) is 10.6. The molecule has 0 bridgehead atoms. The van der Waals surface area contributed by atoms with Crippen LogP contribution in [0.3, 0.4) is 0 Å². The molecule has 1 aliphatic heterocycles. The number of fused-ring (bicyclic) bond motifs is 2. The number of benzene rings is 1. The Hall–Kier alpha value is -2.67. The molecule has 31 heavy (non-hydrogen) atoms. The van der Waals surface area contributed by atoms with E-state index in [2.05, 4.69) is 6.08 Å². The van der Waals surface area contributed by atoms with Gasteiger partial charge in [0.15, 0.2) is 5.41 Å². The third-order valence-electron chi connectivity index (χ3n) is 7.24. The van der Waals surface area contributed by atoms with Crippen molar-refractivity contribution >= 4 is 17.9 Å². The topological polar surface area (TPSA) is 88.1 Å². The number of rotatable bonds is 4. The van der Waals surface area contributed by atoms with Crippen LogP contribution in [0, 0.1) is 29.1 Å². The Kier molecular flexibility index (Phi) is 5.88. The minimum atomic E-state index is -1.40. The Morgan fingerprint density at radius 3 is 2.29 bits per heavy atom. The van der Waals surface area contributed by atoms with Gasteiger partial charge in [-0.25, -0.2) is 0 Å². The second kappa shape index (κ2) is 8.46. The normalized spacial score (nSPS) is 30.9. The molecule has 1 aromatic rings. The van der Waals surface area contributed by atoms with Gasteiger partial charge in [0.05, 0.1) is 33.9 Å². The monoisotopic (exact) mass is 428 g/mol. The molecular weight excluding hydrogens is 400 g/mol. The van der Waals surface area contributed by atoms with Crippen molar-refractivity contribution in [3.63, 3.8) is 0 Å². The van der Waals surface area contributed by atoms with Crippen LogP contribution >= 0.6 is 0 Å². The summed E-state index contributed by atoms with van der Waals surface area (Å²) < 4.78 is 21.3. The maximum atomic E-state index is 13.0. The van der Waals surface area contributed by atoms with Crippen LogP contribution in [0.2, 0.25) is 0 Å². The number of allylic oxidation sites excluding steroid dienone is 1. The molecule has 1 saturated heterocycles. The molecule has 0 N–H and O–H groups in total. The van der Waals surface area contributed by atoms with Gasteiger partial charge in [-0.2, -0.15) is 0 Å². The van der Waals surface area contributed by atoms with Gasteiger partial charge in [0.2, 0.25) is 0 Å². The predicted octanol–water partition coefficient (Wildman–Crippen LogP) is 2.85. The van der Waals surface area contributed by atoms with Crippen molar-refractivity contribution in [2.75, 3.05) is 27.9 Å². The van der Waals surface area contributed by atoms with E-state index in [1.165, 1.54) is 21.3 Å². The van der Waals surface area contributed by atoms with Gasteiger partial charge in [-0.1, -0.05) is 36.4 Å². The van der Waals surface area contributed by atoms with Crippen LogP contribution < -0.4 is 0 Å². The smallest absolute Gasteiger partial charge is 0.323 e. The van der Waals surface area contributed by atoms with Gasteiger partial charge in [0.25, 0.3) is 0 Å². The summed E-state index contributed by atoms with van der Waals surface area (Å²) in [4.78, 5) is 38.4. The molecule has 5 atom stereocenters. The lowest BCUT2D eigenvalue weighted by Crippen LogP contribution is -2.51. The van der Waals surface area contributed by atoms with Crippen LogP contribution in [0.1, 0.15) is 30.9 Å². The molecule has 1 aromatic carbocycles. The Labute approximate surface area is 181 Å². The third kappa shape index (κ3) is 3.45. The highest BCUT2D eigenvalue weighted by molar-refractivity contribution is 6.00. The fourth-order valence-electron chi connectivity index (χ4n) is 5.77. The van der Waals surface area contributed by atoms with Gasteiger partial charge in [0.1, 0.15) is 6.10 Å². The van der Waals surface area contributed by atoms with Crippen molar-refractivity contribution < 1.29 is 33.3 Å². The summed E-state index contributed by atoms with van der Waals surface area (Å²) in [5, 5.41) is 0. The van der Waals surface area contributed by atoms with E-state index in [0.29, 0.717) is 19.4 Å². The summed E-state index contributed by atoms with van der Waals surface area (Å²) in [6.07, 6.45) is 3.07. The fourth-order valence-corrected chi connectivity index (χ4v) is 5.77. The van der Waals surface area contributed by atoms with E-state index in [4.69, 9.17) is 18.9 Å². The number of esters is 3. The van der Waals surface area contributed by atoms with Crippen LogP contribution in [0.5, 0.6) is 0 Å². The summed E-state index contributed by atoms with van der Waals surface area (Å²) >= 11 is 0. The Bertz CT molecular complexity index is 874. The number of hydrogen-bond donors (Lipinski definition) is 0. The first-order chi connectivity index (χ1) is 15.0. The standard InChI is InChI=1S/C24H28O7/c1-28-21(25)19-17-12-24(22(26)29-2,23(27)30-3)10-9-15(17)11-16-18(19)13-31-20(16)14-7-5-4-6-8-14/h4-8,11,15,17-20H,9-10,12-13H2,1-3H3/t15-,17+,18+,19-,20-/m0/s1. The van der Waals surface area contributed by atoms with Gasteiger partial charge in [0, 0.05) is 5.92 Å². The van der Waals surface area contributed by atoms with Crippen LogP contribution in [0.15, 0.2) is 42.0 Å². The Morgan fingerprint density at radius 1 is 1.00 bits per heavy atom. The highest BCUT2D eigenvalue weighted by atomic mass is 16.5. The number of methoxy groups -OCH3 is 3. The second-order valence-corrected chi connectivity index (χ2v) is 8.58. The Morgan fingerprint density at radius 2 is 1.68 bits per heavy atom. The summed E-state index contributed by atoms with van der Waals surface area (Å²) in [5.41, 5.74) is 0.736. The summed E-state index contributed by atoms with van der Waals surface area (Å²) in [7, 11) is 3.91. The zero-order valence-electron chi connectivity index (χ0n) is 18.0. The van der Waals surface area contributed by atoms with Crippen LogP contribution in [0.4, 0.5) is 0 Å². The molecule has 7 nitrogen and oxygen atoms in total. The van der Waals surface area contributed by atoms with E-state index in [0.717, 1.165) is 11.1 Å². The van der Waals surface area contributed by atoms with Gasteiger partial charge < -0.3 is 18.9 Å². The van der Waals surface area contributed by atoms with Crippen molar-refractivity contribution in [2.45, 2.75) is 25.4 Å². The van der Waals surface area contributed by atoms with E-state index in [9.17, 15) is 14.4 Å². The lowest BCUT2D eigenvalue weighted by atomic mass is 9.56. The molecule has 166 valence electrons. The quantitative estimate of drug-likeness (QED) is 0.315. The molecular formula is C24H28O7. The highest BCUT2D eigenvalue weighted by Gasteiger charge is 2.59. The number of hydrogen-bond acceptors (Lipinski definition) is 7. The SMILES string of the molecule is COC(=O)[C@H]1[C@@H]2CC(C(=O)OC)(C(=O)OC)CC[C@H]2C=C2[C@H](c3ccccc3)OC[C@H]21. The van der Waals surface area contributed by atoms with Gasteiger partial charge in [-0.05, 0) is 42.2 Å². The lowest BCUT2D eigenvalue weighted by molar-refractivity contribution is -0.177. The van der Waals surface area contributed by atoms with Crippen LogP contribution in [-0.4, -0.2) is 45.8 Å². The largest absolute Gasteiger partial charge is 0.469 e. The molecule has 4 rings (SSSR count). The van der Waals surface area contributed by atoms with Crippen LogP contribution in [0.25, 0.3) is 0 Å². The van der Waals surface area contributed by atoms with E-state index >= 15 is 0 Å². The van der Waals surface area contributed by atoms with Crippen molar-refractivity contribution in [2.24, 2.45) is 29.1 Å². The molecule has 1 heterocycles. The minimum Gasteiger partial charge on any atom is -0.469 e. The maximum absolute atomic E-state index is 13.0. The summed E-state index contributed by atoms with van der Waals surface area (Å²) in [5.74, 6) is -2.44. The lowest BCUT2D eigenvalue weighted by Gasteiger charge is -2.46. The fraction of sp³-hybridized carbons (Fsp3) is 0.542. The molecule has 0 unspecified atom stereocenters.